The van der Waals surface area contributed by atoms with Crippen LogP contribution < -0.4 is 5.32 Å². The smallest absolute Gasteiger partial charge is 0.292 e. The molecule has 3 rings (SSSR count). The van der Waals surface area contributed by atoms with Gasteiger partial charge < -0.3 is 14.7 Å². The lowest BCUT2D eigenvalue weighted by Crippen LogP contribution is -2.42. The number of nitrogens with one attached hydrogen (secondary N) is 1. The Balaban J connectivity index is 1.52. The first-order valence-corrected chi connectivity index (χ1v) is 8.40. The molecule has 0 aromatic carbocycles. The van der Waals surface area contributed by atoms with Crippen LogP contribution in [0.25, 0.3) is 0 Å². The molecular weight excluding hydrogens is 306 g/mol. The van der Waals surface area contributed by atoms with E-state index in [4.69, 9.17) is 4.52 Å². The van der Waals surface area contributed by atoms with Crippen molar-refractivity contribution in [1.29, 1.82) is 0 Å². The van der Waals surface area contributed by atoms with Gasteiger partial charge in [0.25, 0.3) is 5.91 Å². The highest BCUT2D eigenvalue weighted by Gasteiger charge is 2.26. The summed E-state index contributed by atoms with van der Waals surface area (Å²) in [5.41, 5.74) is 0.839. The molecule has 3 heterocycles. The van der Waals surface area contributed by atoms with Gasteiger partial charge in [0.2, 0.25) is 11.7 Å². The third-order valence-electron chi connectivity index (χ3n) is 4.07. The quantitative estimate of drug-likeness (QED) is 0.906. The SMILES string of the molecule is CC(C)Cc1cc(C(=O)N2CCC(Nc3ncccn3)CC2)on1. The summed E-state index contributed by atoms with van der Waals surface area (Å²) in [6, 6.07) is 3.84. The predicted octanol–water partition coefficient (Wildman–Crippen LogP) is 2.38. The zero-order chi connectivity index (χ0) is 16.9. The van der Waals surface area contributed by atoms with Gasteiger partial charge in [0.15, 0.2) is 0 Å². The maximum Gasteiger partial charge on any atom is 0.292 e. The summed E-state index contributed by atoms with van der Waals surface area (Å²) in [5, 5.41) is 7.30. The van der Waals surface area contributed by atoms with Crippen LogP contribution in [0.3, 0.4) is 0 Å². The topological polar surface area (TPSA) is 84.2 Å². The van der Waals surface area contributed by atoms with Gasteiger partial charge >= 0.3 is 0 Å². The lowest BCUT2D eigenvalue weighted by Gasteiger charge is -2.31. The lowest BCUT2D eigenvalue weighted by atomic mass is 10.0. The van der Waals surface area contributed by atoms with E-state index in [0.717, 1.165) is 25.0 Å². The highest BCUT2D eigenvalue weighted by Crippen LogP contribution is 2.17. The molecule has 2 aromatic heterocycles. The van der Waals surface area contributed by atoms with Crippen LogP contribution in [0.4, 0.5) is 5.95 Å². The molecule has 1 aliphatic heterocycles. The molecule has 0 saturated carbocycles. The first-order chi connectivity index (χ1) is 11.6. The van der Waals surface area contributed by atoms with Gasteiger partial charge in [-0.25, -0.2) is 9.97 Å². The third-order valence-corrected chi connectivity index (χ3v) is 4.07. The molecule has 0 spiro atoms. The molecule has 7 heteroatoms. The maximum atomic E-state index is 12.5. The van der Waals surface area contributed by atoms with Crippen molar-refractivity contribution in [3.05, 3.63) is 36.0 Å². The van der Waals surface area contributed by atoms with Gasteiger partial charge in [0, 0.05) is 37.6 Å². The second-order valence-corrected chi connectivity index (χ2v) is 6.56. The van der Waals surface area contributed by atoms with Crippen LogP contribution in [-0.4, -0.2) is 45.1 Å². The standard InChI is InChI=1S/C17H23N5O2/c1-12(2)10-14-11-15(24-21-14)16(23)22-8-4-13(5-9-22)20-17-18-6-3-7-19-17/h3,6-7,11-13H,4-5,8-10H2,1-2H3,(H,18,19,20). The van der Waals surface area contributed by atoms with E-state index < -0.39 is 0 Å². The highest BCUT2D eigenvalue weighted by atomic mass is 16.5. The molecule has 1 aliphatic rings. The number of amides is 1. The van der Waals surface area contributed by atoms with Crippen LogP contribution >= 0.6 is 0 Å². The largest absolute Gasteiger partial charge is 0.351 e. The van der Waals surface area contributed by atoms with E-state index in [2.05, 4.69) is 34.3 Å². The van der Waals surface area contributed by atoms with Crippen LogP contribution in [0.2, 0.25) is 0 Å². The van der Waals surface area contributed by atoms with E-state index >= 15 is 0 Å². The summed E-state index contributed by atoms with van der Waals surface area (Å²) >= 11 is 0. The third kappa shape index (κ3) is 4.10. The van der Waals surface area contributed by atoms with E-state index in [-0.39, 0.29) is 11.9 Å². The molecule has 1 fully saturated rings. The molecule has 0 radical (unpaired) electrons. The van der Waals surface area contributed by atoms with E-state index in [1.807, 2.05) is 4.90 Å². The van der Waals surface area contributed by atoms with Gasteiger partial charge in [0.1, 0.15) is 0 Å². The zero-order valence-corrected chi connectivity index (χ0v) is 14.1. The van der Waals surface area contributed by atoms with Gasteiger partial charge in [-0.2, -0.15) is 0 Å². The molecule has 1 amide bonds. The van der Waals surface area contributed by atoms with Crippen molar-refractivity contribution in [2.24, 2.45) is 5.92 Å². The van der Waals surface area contributed by atoms with E-state index in [1.165, 1.54) is 0 Å². The van der Waals surface area contributed by atoms with Crippen LogP contribution in [0.15, 0.2) is 29.0 Å². The van der Waals surface area contributed by atoms with Crippen LogP contribution in [0.5, 0.6) is 0 Å². The Labute approximate surface area is 141 Å². The molecule has 7 nitrogen and oxygen atoms in total. The van der Waals surface area contributed by atoms with Gasteiger partial charge in [-0.3, -0.25) is 4.79 Å². The predicted molar refractivity (Wildman–Crippen MR) is 89.6 cm³/mol. The van der Waals surface area contributed by atoms with Crippen molar-refractivity contribution >= 4 is 11.9 Å². The van der Waals surface area contributed by atoms with Crippen molar-refractivity contribution in [3.8, 4) is 0 Å². The molecule has 1 N–H and O–H groups in total. The van der Waals surface area contributed by atoms with E-state index in [0.29, 0.717) is 30.7 Å². The molecule has 0 atom stereocenters. The van der Waals surface area contributed by atoms with Crippen LogP contribution in [-0.2, 0) is 6.42 Å². The number of hydrogen-bond donors (Lipinski definition) is 1. The summed E-state index contributed by atoms with van der Waals surface area (Å²) in [6.07, 6.45) is 5.97. The maximum absolute atomic E-state index is 12.5. The molecule has 0 bridgehead atoms. The Bertz CT molecular complexity index is 663. The normalized spacial score (nSPS) is 15.7. The Morgan fingerprint density at radius 3 is 2.71 bits per heavy atom. The first-order valence-electron chi connectivity index (χ1n) is 8.40. The Kier molecular flexibility index (Phi) is 5.08. The molecule has 1 saturated heterocycles. The summed E-state index contributed by atoms with van der Waals surface area (Å²) in [5.74, 6) is 1.38. The fourth-order valence-corrected chi connectivity index (χ4v) is 2.87. The number of hydrogen-bond acceptors (Lipinski definition) is 6. The minimum Gasteiger partial charge on any atom is -0.351 e. The van der Waals surface area contributed by atoms with Gasteiger partial charge in [-0.1, -0.05) is 19.0 Å². The Morgan fingerprint density at radius 1 is 1.33 bits per heavy atom. The number of anilines is 1. The molecule has 0 aliphatic carbocycles. The second-order valence-electron chi connectivity index (χ2n) is 6.56. The zero-order valence-electron chi connectivity index (χ0n) is 14.1. The minimum absolute atomic E-state index is 0.0769. The number of nitrogens with zero attached hydrogens (tertiary/aromatic N) is 4. The Hall–Kier alpha value is -2.44. The molecule has 2 aromatic rings. The fourth-order valence-electron chi connectivity index (χ4n) is 2.87. The monoisotopic (exact) mass is 329 g/mol. The molecule has 128 valence electrons. The van der Waals surface area contributed by atoms with Crippen molar-refractivity contribution in [2.45, 2.75) is 39.2 Å². The summed E-state index contributed by atoms with van der Waals surface area (Å²) in [6.45, 7) is 5.60. The minimum atomic E-state index is -0.0769. The summed E-state index contributed by atoms with van der Waals surface area (Å²) in [4.78, 5) is 22.7. The molecule has 0 unspecified atom stereocenters. The van der Waals surface area contributed by atoms with Crippen molar-refractivity contribution in [1.82, 2.24) is 20.0 Å². The van der Waals surface area contributed by atoms with Crippen molar-refractivity contribution in [2.75, 3.05) is 18.4 Å². The first kappa shape index (κ1) is 16.4. The highest BCUT2D eigenvalue weighted by molar-refractivity contribution is 5.91. The number of likely N-dealkylation sites (tertiary alicyclic amines) is 1. The van der Waals surface area contributed by atoms with Gasteiger partial charge in [-0.05, 0) is 31.2 Å². The van der Waals surface area contributed by atoms with Crippen LogP contribution in [0, 0.1) is 5.92 Å². The summed E-state index contributed by atoms with van der Waals surface area (Å²) in [7, 11) is 0. The average Bonchev–Trinajstić information content (AvgIpc) is 3.03. The van der Waals surface area contributed by atoms with Gasteiger partial charge in [-0.15, -0.1) is 0 Å². The second kappa shape index (κ2) is 7.42. The van der Waals surface area contributed by atoms with E-state index in [1.54, 1.807) is 24.5 Å². The van der Waals surface area contributed by atoms with Crippen LogP contribution in [0.1, 0.15) is 42.9 Å². The van der Waals surface area contributed by atoms with Crippen molar-refractivity contribution in [3.63, 3.8) is 0 Å². The number of piperidine rings is 1. The Morgan fingerprint density at radius 2 is 2.04 bits per heavy atom. The van der Waals surface area contributed by atoms with Gasteiger partial charge in [0.05, 0.1) is 5.69 Å². The number of rotatable bonds is 5. The summed E-state index contributed by atoms with van der Waals surface area (Å²) < 4.78 is 5.23. The van der Waals surface area contributed by atoms with Crippen molar-refractivity contribution < 1.29 is 9.32 Å². The number of aromatic nitrogens is 3. The number of carbonyl (C=O) groups is 1. The molecular formula is C17H23N5O2. The number of carbonyl (C=O) groups excluding carboxylic acids is 1. The average molecular weight is 329 g/mol. The lowest BCUT2D eigenvalue weighted by molar-refractivity contribution is 0.0676. The molecule has 24 heavy (non-hydrogen) atoms. The fraction of sp³-hybridized carbons (Fsp3) is 0.529. The van der Waals surface area contributed by atoms with E-state index in [9.17, 15) is 4.79 Å².